The molecule has 2 aromatic heterocycles. The summed E-state index contributed by atoms with van der Waals surface area (Å²) < 4.78 is 18.3. The summed E-state index contributed by atoms with van der Waals surface area (Å²) in [6, 6.07) is 7.91. The van der Waals surface area contributed by atoms with E-state index in [4.69, 9.17) is 19.9 Å². The van der Waals surface area contributed by atoms with Crippen LogP contribution in [0.4, 0.5) is 5.82 Å². The van der Waals surface area contributed by atoms with Crippen LogP contribution in [0.15, 0.2) is 54.7 Å². The van der Waals surface area contributed by atoms with Crippen LogP contribution in [-0.2, 0) is 9.47 Å². The second kappa shape index (κ2) is 11.4. The molecule has 0 amide bonds. The fraction of sp³-hybridized carbons (Fsp3) is 0.308. The van der Waals surface area contributed by atoms with Crippen molar-refractivity contribution in [2.45, 2.75) is 12.8 Å². The van der Waals surface area contributed by atoms with E-state index in [1.807, 2.05) is 47.2 Å². The van der Waals surface area contributed by atoms with Gasteiger partial charge < -0.3 is 29.8 Å². The van der Waals surface area contributed by atoms with Gasteiger partial charge in [-0.05, 0) is 35.9 Å². The van der Waals surface area contributed by atoms with Gasteiger partial charge in [-0.2, -0.15) is 0 Å². The number of methoxy groups -OCH3 is 2. The Labute approximate surface area is 199 Å². The van der Waals surface area contributed by atoms with Crippen LogP contribution in [0.1, 0.15) is 18.4 Å². The quantitative estimate of drug-likeness (QED) is 0.355. The number of rotatable bonds is 10. The van der Waals surface area contributed by atoms with Crippen molar-refractivity contribution in [3.8, 4) is 23.3 Å². The molecule has 0 unspecified atom stereocenters. The number of nitrogens with two attached hydrogens (primary N) is 1. The number of nitrogen functional groups attached to an aromatic ring is 1. The highest BCUT2D eigenvalue weighted by Gasteiger charge is 2.17. The second-order valence-electron chi connectivity index (χ2n) is 7.69. The number of hydrogen-bond donors (Lipinski definition) is 2. The number of nitrogens with zero attached hydrogens (tertiary/aromatic N) is 3. The predicted molar refractivity (Wildman–Crippen MR) is 134 cm³/mol. The molecule has 3 N–H and O–H groups in total. The van der Waals surface area contributed by atoms with Gasteiger partial charge in [-0.1, -0.05) is 17.9 Å². The Morgan fingerprint density at radius 2 is 1.82 bits per heavy atom. The van der Waals surface area contributed by atoms with E-state index in [2.05, 4.69) is 27.1 Å². The summed E-state index contributed by atoms with van der Waals surface area (Å²) >= 11 is 0. The Bertz CT molecular complexity index is 1250. The van der Waals surface area contributed by atoms with Crippen LogP contribution in [0.25, 0.3) is 22.3 Å². The van der Waals surface area contributed by atoms with Crippen molar-refractivity contribution in [1.82, 2.24) is 19.9 Å². The summed E-state index contributed by atoms with van der Waals surface area (Å²) in [5.74, 6) is 8.43. The van der Waals surface area contributed by atoms with Gasteiger partial charge in [0, 0.05) is 44.1 Å². The van der Waals surface area contributed by atoms with Gasteiger partial charge in [-0.15, -0.1) is 0 Å². The van der Waals surface area contributed by atoms with Crippen LogP contribution in [-0.4, -0.2) is 55.1 Å². The fourth-order valence-electron chi connectivity index (χ4n) is 3.71. The molecule has 8 heteroatoms. The lowest BCUT2D eigenvalue weighted by Crippen LogP contribution is -2.24. The predicted octanol–water partition coefficient (Wildman–Crippen LogP) is 3.33. The smallest absolute Gasteiger partial charge is 0.150 e. The molecule has 1 aliphatic rings. The van der Waals surface area contributed by atoms with Crippen LogP contribution < -0.4 is 15.8 Å². The van der Waals surface area contributed by atoms with Crippen molar-refractivity contribution in [3.05, 3.63) is 60.3 Å². The Balaban J connectivity index is 1.61. The summed E-state index contributed by atoms with van der Waals surface area (Å²) in [7, 11) is 3.35. The van der Waals surface area contributed by atoms with Gasteiger partial charge >= 0.3 is 0 Å². The van der Waals surface area contributed by atoms with E-state index in [0.717, 1.165) is 52.5 Å². The molecule has 3 aromatic rings. The highest BCUT2D eigenvalue weighted by molar-refractivity contribution is 5.99. The van der Waals surface area contributed by atoms with E-state index in [9.17, 15) is 0 Å². The lowest BCUT2D eigenvalue weighted by Gasteiger charge is -2.09. The average Bonchev–Trinajstić information content (AvgIpc) is 3.23. The minimum Gasteiger partial charge on any atom is -0.500 e. The van der Waals surface area contributed by atoms with E-state index in [0.29, 0.717) is 31.9 Å². The summed E-state index contributed by atoms with van der Waals surface area (Å²) in [4.78, 5) is 8.77. The number of anilines is 1. The third-order valence-electron chi connectivity index (χ3n) is 5.50. The Hall–Kier alpha value is -3.80. The highest BCUT2D eigenvalue weighted by Crippen LogP contribution is 2.33. The molecule has 8 nitrogen and oxygen atoms in total. The minimum atomic E-state index is 0.437. The van der Waals surface area contributed by atoms with Crippen molar-refractivity contribution in [3.63, 3.8) is 0 Å². The first-order chi connectivity index (χ1) is 16.7. The van der Waals surface area contributed by atoms with E-state index in [1.54, 1.807) is 14.2 Å². The maximum atomic E-state index is 6.30. The van der Waals surface area contributed by atoms with Crippen molar-refractivity contribution in [2.24, 2.45) is 0 Å². The van der Waals surface area contributed by atoms with Crippen molar-refractivity contribution >= 4 is 22.4 Å². The van der Waals surface area contributed by atoms with E-state index in [-0.39, 0.29) is 0 Å². The van der Waals surface area contributed by atoms with Gasteiger partial charge in [-0.25, -0.2) is 9.97 Å². The van der Waals surface area contributed by atoms with Crippen molar-refractivity contribution < 1.29 is 14.2 Å². The molecule has 34 heavy (non-hydrogen) atoms. The number of benzene rings is 1. The van der Waals surface area contributed by atoms with Gasteiger partial charge in [-0.3, -0.25) is 0 Å². The number of allylic oxidation sites excluding steroid dienone is 4. The molecule has 1 aliphatic carbocycles. The van der Waals surface area contributed by atoms with Crippen molar-refractivity contribution in [2.75, 3.05) is 46.3 Å². The molecule has 0 spiro atoms. The standard InChI is InChI=1S/C26H29N5O3/c1-32-15-13-28-14-16-34-22-11-8-20(9-12-22)31-17-23(24-25(27)29-18-30-26(24)31)19-5-3-4-6-21(33-2)10-7-19/h7-12,17-18,28H,5-6,13-16H2,1-2H3,(H2,27,29,30)/b19-7+,21-10+. The molecule has 0 radical (unpaired) electrons. The average molecular weight is 460 g/mol. The second-order valence-corrected chi connectivity index (χ2v) is 7.69. The zero-order valence-corrected chi connectivity index (χ0v) is 19.5. The van der Waals surface area contributed by atoms with Crippen LogP contribution in [0.5, 0.6) is 5.75 Å². The van der Waals surface area contributed by atoms with E-state index >= 15 is 0 Å². The Morgan fingerprint density at radius 1 is 1.03 bits per heavy atom. The Morgan fingerprint density at radius 3 is 2.62 bits per heavy atom. The topological polar surface area (TPSA) is 96.5 Å². The summed E-state index contributed by atoms with van der Waals surface area (Å²) in [6.45, 7) is 2.82. The molecule has 2 heterocycles. The third-order valence-corrected chi connectivity index (χ3v) is 5.50. The minimum absolute atomic E-state index is 0.437. The molecule has 0 saturated heterocycles. The van der Waals surface area contributed by atoms with Gasteiger partial charge in [0.25, 0.3) is 0 Å². The molecule has 0 aliphatic heterocycles. The first-order valence-electron chi connectivity index (χ1n) is 11.2. The highest BCUT2D eigenvalue weighted by atomic mass is 16.5. The van der Waals surface area contributed by atoms with Crippen molar-refractivity contribution in [1.29, 1.82) is 0 Å². The number of ether oxygens (including phenoxy) is 3. The van der Waals surface area contributed by atoms with Crippen LogP contribution in [0.2, 0.25) is 0 Å². The number of nitrogens with one attached hydrogen (secondary N) is 1. The monoisotopic (exact) mass is 459 g/mol. The van der Waals surface area contributed by atoms with Gasteiger partial charge in [0.1, 0.15) is 30.3 Å². The molecule has 176 valence electrons. The first-order valence-corrected chi connectivity index (χ1v) is 11.2. The first kappa shape index (κ1) is 23.4. The largest absolute Gasteiger partial charge is 0.500 e. The fourth-order valence-corrected chi connectivity index (χ4v) is 3.71. The third kappa shape index (κ3) is 5.39. The normalized spacial score (nSPS) is 16.4. The summed E-state index contributed by atoms with van der Waals surface area (Å²) in [5, 5.41) is 4.07. The molecular weight excluding hydrogens is 430 g/mol. The number of hydrogen-bond acceptors (Lipinski definition) is 7. The molecular formula is C26H29N5O3. The zero-order chi connectivity index (χ0) is 23.8. The molecule has 0 fully saturated rings. The zero-order valence-electron chi connectivity index (χ0n) is 19.5. The molecule has 4 rings (SSSR count). The van der Waals surface area contributed by atoms with Gasteiger partial charge in [0.15, 0.2) is 5.65 Å². The molecule has 0 bridgehead atoms. The maximum Gasteiger partial charge on any atom is 0.150 e. The SMILES string of the molecule is COCCNCCOc1ccc(-n2cc(/C3=C/C=C(/OC)CC#CC3)c3c(N)ncnc32)cc1. The summed E-state index contributed by atoms with van der Waals surface area (Å²) in [6.07, 6.45) is 8.73. The number of fused-ring (bicyclic) bond motifs is 1. The molecule has 1 aromatic carbocycles. The lowest BCUT2D eigenvalue weighted by atomic mass is 10.0. The Kier molecular flexibility index (Phi) is 7.81. The molecule has 0 saturated carbocycles. The van der Waals surface area contributed by atoms with Crippen LogP contribution in [0.3, 0.4) is 0 Å². The van der Waals surface area contributed by atoms with Crippen LogP contribution in [0, 0.1) is 11.8 Å². The van der Waals surface area contributed by atoms with E-state index < -0.39 is 0 Å². The van der Waals surface area contributed by atoms with Gasteiger partial charge in [0.2, 0.25) is 0 Å². The maximum absolute atomic E-state index is 6.30. The molecule has 0 atom stereocenters. The lowest BCUT2D eigenvalue weighted by molar-refractivity contribution is 0.197. The van der Waals surface area contributed by atoms with Crippen LogP contribution >= 0.6 is 0 Å². The van der Waals surface area contributed by atoms with Gasteiger partial charge in [0.05, 0.1) is 25.5 Å². The summed E-state index contributed by atoms with van der Waals surface area (Å²) in [5.41, 5.74) is 9.98. The van der Waals surface area contributed by atoms with E-state index in [1.165, 1.54) is 6.33 Å². The number of aromatic nitrogens is 3.